The Morgan fingerprint density at radius 3 is 2.67 bits per heavy atom. The van der Waals surface area contributed by atoms with Gasteiger partial charge in [0.1, 0.15) is 0 Å². The molecule has 1 heterocycles. The highest BCUT2D eigenvalue weighted by Gasteiger charge is 2.10. The van der Waals surface area contributed by atoms with Gasteiger partial charge < -0.3 is 10.1 Å². The van der Waals surface area contributed by atoms with Crippen molar-refractivity contribution in [3.05, 3.63) is 59.9 Å². The molecule has 0 unspecified atom stereocenters. The summed E-state index contributed by atoms with van der Waals surface area (Å²) in [5, 5.41) is 3.22. The first-order valence-corrected chi connectivity index (χ1v) is 5.61. The van der Waals surface area contributed by atoms with Crippen molar-refractivity contribution in [1.82, 2.24) is 4.98 Å². The fourth-order valence-corrected chi connectivity index (χ4v) is 1.62. The number of ether oxygens (including phenoxy) is 1. The number of aromatic nitrogens is 1. The molecule has 0 radical (unpaired) electrons. The van der Waals surface area contributed by atoms with Gasteiger partial charge in [0.25, 0.3) is 0 Å². The summed E-state index contributed by atoms with van der Waals surface area (Å²) in [6.45, 7) is 0.635. The van der Waals surface area contributed by atoms with Crippen LogP contribution in [0.3, 0.4) is 0 Å². The van der Waals surface area contributed by atoms with Crippen molar-refractivity contribution in [3.8, 4) is 0 Å². The highest BCUT2D eigenvalue weighted by Crippen LogP contribution is 2.16. The first kappa shape index (κ1) is 12.1. The number of carbonyl (C=O) groups is 1. The molecule has 0 aliphatic heterocycles. The highest BCUT2D eigenvalue weighted by atomic mass is 16.5. The van der Waals surface area contributed by atoms with E-state index in [0.717, 1.165) is 11.3 Å². The summed E-state index contributed by atoms with van der Waals surface area (Å²) in [6.07, 6.45) is 3.48. The van der Waals surface area contributed by atoms with E-state index in [1.807, 2.05) is 30.3 Å². The molecule has 92 valence electrons. The minimum atomic E-state index is -0.340. The molecule has 0 aliphatic carbocycles. The van der Waals surface area contributed by atoms with E-state index in [-0.39, 0.29) is 5.97 Å². The third-order valence-corrected chi connectivity index (χ3v) is 2.56. The van der Waals surface area contributed by atoms with Gasteiger partial charge in [0.05, 0.1) is 12.7 Å². The van der Waals surface area contributed by atoms with E-state index in [1.54, 1.807) is 18.5 Å². The number of anilines is 1. The van der Waals surface area contributed by atoms with Crippen LogP contribution in [-0.2, 0) is 11.3 Å². The smallest absolute Gasteiger partial charge is 0.339 e. The van der Waals surface area contributed by atoms with Gasteiger partial charge in [-0.05, 0) is 29.8 Å². The molecule has 1 aromatic heterocycles. The van der Waals surface area contributed by atoms with Crippen molar-refractivity contribution < 1.29 is 9.53 Å². The fourth-order valence-electron chi connectivity index (χ4n) is 1.62. The Labute approximate surface area is 106 Å². The van der Waals surface area contributed by atoms with Crippen molar-refractivity contribution in [2.45, 2.75) is 6.54 Å². The van der Waals surface area contributed by atoms with E-state index in [2.05, 4.69) is 10.3 Å². The Morgan fingerprint density at radius 1 is 1.22 bits per heavy atom. The quantitative estimate of drug-likeness (QED) is 0.837. The molecule has 4 heteroatoms. The van der Waals surface area contributed by atoms with Crippen molar-refractivity contribution in [2.75, 3.05) is 12.4 Å². The number of para-hydroxylation sites is 1. The van der Waals surface area contributed by atoms with Crippen molar-refractivity contribution in [3.63, 3.8) is 0 Å². The monoisotopic (exact) mass is 242 g/mol. The van der Waals surface area contributed by atoms with Crippen LogP contribution >= 0.6 is 0 Å². The molecule has 0 saturated carbocycles. The van der Waals surface area contributed by atoms with Crippen LogP contribution in [0.5, 0.6) is 0 Å². The van der Waals surface area contributed by atoms with Gasteiger partial charge >= 0.3 is 5.97 Å². The molecule has 2 aromatic rings. The van der Waals surface area contributed by atoms with E-state index in [0.29, 0.717) is 12.1 Å². The summed E-state index contributed by atoms with van der Waals surface area (Å²) < 4.78 is 4.74. The molecule has 0 atom stereocenters. The molecule has 18 heavy (non-hydrogen) atoms. The maximum atomic E-state index is 11.6. The molecular weight excluding hydrogens is 228 g/mol. The first-order chi connectivity index (χ1) is 8.81. The number of carbonyl (C=O) groups excluding carboxylic acids is 1. The molecule has 0 fully saturated rings. The zero-order valence-electron chi connectivity index (χ0n) is 10.1. The van der Waals surface area contributed by atoms with Crippen LogP contribution in [0.25, 0.3) is 0 Å². The Kier molecular flexibility index (Phi) is 3.91. The lowest BCUT2D eigenvalue weighted by atomic mass is 10.1. The maximum absolute atomic E-state index is 11.6. The van der Waals surface area contributed by atoms with Gasteiger partial charge in [-0.1, -0.05) is 12.1 Å². The average Bonchev–Trinajstić information content (AvgIpc) is 2.45. The van der Waals surface area contributed by atoms with Crippen molar-refractivity contribution >= 4 is 11.7 Å². The normalized spacial score (nSPS) is 9.83. The molecule has 0 amide bonds. The van der Waals surface area contributed by atoms with Crippen LogP contribution in [0.2, 0.25) is 0 Å². The summed E-state index contributed by atoms with van der Waals surface area (Å²) in [6, 6.07) is 11.1. The molecule has 2 rings (SSSR count). The van der Waals surface area contributed by atoms with Crippen LogP contribution in [0.1, 0.15) is 15.9 Å². The molecule has 4 nitrogen and oxygen atoms in total. The molecule has 0 aliphatic rings. The lowest BCUT2D eigenvalue weighted by Crippen LogP contribution is -2.08. The summed E-state index contributed by atoms with van der Waals surface area (Å²) in [4.78, 5) is 15.5. The number of pyridine rings is 1. The summed E-state index contributed by atoms with van der Waals surface area (Å²) in [5.74, 6) is -0.340. The van der Waals surface area contributed by atoms with Gasteiger partial charge in [-0.25, -0.2) is 4.79 Å². The van der Waals surface area contributed by atoms with Gasteiger partial charge in [0.2, 0.25) is 0 Å². The standard InChI is InChI=1S/C14H14N2O2/c1-18-14(17)12-4-2-3-5-13(12)16-10-11-6-8-15-9-7-11/h2-9,16H,10H2,1H3. The predicted octanol–water partition coefficient (Wildman–Crippen LogP) is 2.48. The third-order valence-electron chi connectivity index (χ3n) is 2.56. The van der Waals surface area contributed by atoms with E-state index >= 15 is 0 Å². The number of nitrogens with one attached hydrogen (secondary N) is 1. The fraction of sp³-hybridized carbons (Fsp3) is 0.143. The zero-order chi connectivity index (χ0) is 12.8. The first-order valence-electron chi connectivity index (χ1n) is 5.61. The minimum Gasteiger partial charge on any atom is -0.465 e. The van der Waals surface area contributed by atoms with E-state index in [9.17, 15) is 4.79 Å². The van der Waals surface area contributed by atoms with Crippen LogP contribution in [0, 0.1) is 0 Å². The number of nitrogens with zero attached hydrogens (tertiary/aromatic N) is 1. The van der Waals surface area contributed by atoms with Gasteiger partial charge in [0.15, 0.2) is 0 Å². The number of rotatable bonds is 4. The van der Waals surface area contributed by atoms with Crippen LogP contribution < -0.4 is 5.32 Å². The second-order valence-electron chi connectivity index (χ2n) is 3.75. The Hall–Kier alpha value is -2.36. The van der Waals surface area contributed by atoms with Gasteiger partial charge in [-0.3, -0.25) is 4.98 Å². The SMILES string of the molecule is COC(=O)c1ccccc1NCc1ccncc1. The number of hydrogen-bond acceptors (Lipinski definition) is 4. The predicted molar refractivity (Wildman–Crippen MR) is 69.3 cm³/mol. The summed E-state index contributed by atoms with van der Waals surface area (Å²) in [5.41, 5.74) is 2.40. The zero-order valence-corrected chi connectivity index (χ0v) is 10.1. The van der Waals surface area contributed by atoms with Gasteiger partial charge in [-0.2, -0.15) is 0 Å². The van der Waals surface area contributed by atoms with Crippen LogP contribution in [0.15, 0.2) is 48.8 Å². The minimum absolute atomic E-state index is 0.340. The summed E-state index contributed by atoms with van der Waals surface area (Å²) >= 11 is 0. The molecule has 1 N–H and O–H groups in total. The third kappa shape index (κ3) is 2.85. The number of methoxy groups -OCH3 is 1. The van der Waals surface area contributed by atoms with E-state index < -0.39 is 0 Å². The highest BCUT2D eigenvalue weighted by molar-refractivity contribution is 5.95. The van der Waals surface area contributed by atoms with E-state index in [4.69, 9.17) is 4.74 Å². The van der Waals surface area contributed by atoms with Crippen LogP contribution in [-0.4, -0.2) is 18.1 Å². The summed E-state index contributed by atoms with van der Waals surface area (Å²) in [7, 11) is 1.38. The Morgan fingerprint density at radius 2 is 1.94 bits per heavy atom. The lowest BCUT2D eigenvalue weighted by molar-refractivity contribution is 0.0602. The largest absolute Gasteiger partial charge is 0.465 e. The van der Waals surface area contributed by atoms with E-state index in [1.165, 1.54) is 7.11 Å². The number of esters is 1. The topological polar surface area (TPSA) is 51.2 Å². The number of benzene rings is 1. The number of hydrogen-bond donors (Lipinski definition) is 1. The molecule has 0 bridgehead atoms. The Bertz CT molecular complexity index is 526. The average molecular weight is 242 g/mol. The Balaban J connectivity index is 2.12. The second kappa shape index (κ2) is 5.82. The molecule has 0 spiro atoms. The molecular formula is C14H14N2O2. The van der Waals surface area contributed by atoms with Gasteiger partial charge in [-0.15, -0.1) is 0 Å². The maximum Gasteiger partial charge on any atom is 0.339 e. The second-order valence-corrected chi connectivity index (χ2v) is 3.75. The molecule has 0 saturated heterocycles. The van der Waals surface area contributed by atoms with Gasteiger partial charge in [0, 0.05) is 24.6 Å². The molecule has 1 aromatic carbocycles. The van der Waals surface area contributed by atoms with Crippen molar-refractivity contribution in [1.29, 1.82) is 0 Å². The van der Waals surface area contributed by atoms with Crippen molar-refractivity contribution in [2.24, 2.45) is 0 Å². The van der Waals surface area contributed by atoms with Crippen LogP contribution in [0.4, 0.5) is 5.69 Å². The lowest BCUT2D eigenvalue weighted by Gasteiger charge is -2.10.